The monoisotopic (exact) mass is 354 g/mol. The van der Waals surface area contributed by atoms with Gasteiger partial charge in [0.25, 0.3) is 0 Å². The number of ether oxygens (including phenoxy) is 1. The molecule has 1 fully saturated rings. The SMILES string of the molecule is CCc1ccc(NC(=O)C2CCN(S(=O)(=O)CCOC)CC2)cc1. The number of nitrogens with one attached hydrogen (secondary N) is 1. The Balaban J connectivity index is 1.86. The third kappa shape index (κ3) is 5.03. The van der Waals surface area contributed by atoms with Crippen molar-refractivity contribution < 1.29 is 17.9 Å². The molecule has 0 bridgehead atoms. The third-order valence-corrected chi connectivity index (χ3v) is 6.23. The Morgan fingerprint density at radius 3 is 2.42 bits per heavy atom. The Labute approximate surface area is 144 Å². The van der Waals surface area contributed by atoms with Crippen LogP contribution in [0.4, 0.5) is 5.69 Å². The number of carbonyl (C=O) groups is 1. The zero-order chi connectivity index (χ0) is 17.6. The average Bonchev–Trinajstić information content (AvgIpc) is 2.60. The molecule has 0 aromatic heterocycles. The van der Waals surface area contributed by atoms with Crippen LogP contribution in [0.15, 0.2) is 24.3 Å². The van der Waals surface area contributed by atoms with Gasteiger partial charge in [-0.05, 0) is 37.0 Å². The Morgan fingerprint density at radius 2 is 1.88 bits per heavy atom. The number of carbonyl (C=O) groups excluding carboxylic acids is 1. The summed E-state index contributed by atoms with van der Waals surface area (Å²) < 4.78 is 30.5. The number of nitrogens with zero attached hydrogens (tertiary/aromatic N) is 1. The largest absolute Gasteiger partial charge is 0.384 e. The Morgan fingerprint density at radius 1 is 1.25 bits per heavy atom. The van der Waals surface area contributed by atoms with Gasteiger partial charge >= 0.3 is 0 Å². The van der Waals surface area contributed by atoms with Gasteiger partial charge in [-0.25, -0.2) is 12.7 Å². The van der Waals surface area contributed by atoms with E-state index in [1.54, 1.807) is 0 Å². The number of sulfonamides is 1. The summed E-state index contributed by atoms with van der Waals surface area (Å²) in [6.07, 6.45) is 2.06. The lowest BCUT2D eigenvalue weighted by atomic mass is 9.97. The van der Waals surface area contributed by atoms with Crippen LogP contribution >= 0.6 is 0 Å². The summed E-state index contributed by atoms with van der Waals surface area (Å²) in [7, 11) is -1.80. The van der Waals surface area contributed by atoms with Gasteiger partial charge in [0.15, 0.2) is 0 Å². The predicted octanol–water partition coefficient (Wildman–Crippen LogP) is 1.88. The molecule has 1 saturated heterocycles. The molecule has 1 N–H and O–H groups in total. The van der Waals surface area contributed by atoms with E-state index in [0.717, 1.165) is 12.1 Å². The molecule has 7 heteroatoms. The summed E-state index contributed by atoms with van der Waals surface area (Å²) >= 11 is 0. The zero-order valence-electron chi connectivity index (χ0n) is 14.3. The molecule has 6 nitrogen and oxygen atoms in total. The standard InChI is InChI=1S/C17H26N2O4S/c1-3-14-4-6-16(7-5-14)18-17(20)15-8-10-19(11-9-15)24(21,22)13-12-23-2/h4-7,15H,3,8-13H2,1-2H3,(H,18,20). The van der Waals surface area contributed by atoms with E-state index in [4.69, 9.17) is 4.74 Å². The van der Waals surface area contributed by atoms with E-state index in [9.17, 15) is 13.2 Å². The molecule has 1 amide bonds. The molecule has 1 aliphatic rings. The minimum absolute atomic E-state index is 0.00978. The number of hydrogen-bond acceptors (Lipinski definition) is 4. The van der Waals surface area contributed by atoms with E-state index < -0.39 is 10.0 Å². The number of benzene rings is 1. The normalized spacial score (nSPS) is 16.9. The lowest BCUT2D eigenvalue weighted by Gasteiger charge is -2.30. The number of piperidine rings is 1. The number of amides is 1. The van der Waals surface area contributed by atoms with Gasteiger partial charge in [0, 0.05) is 31.8 Å². The minimum atomic E-state index is -3.28. The Hall–Kier alpha value is -1.44. The molecule has 1 aromatic carbocycles. The molecule has 2 rings (SSSR count). The summed E-state index contributed by atoms with van der Waals surface area (Å²) in [4.78, 5) is 12.4. The molecule has 0 unspecified atom stereocenters. The van der Waals surface area contributed by atoms with E-state index in [1.807, 2.05) is 24.3 Å². The summed E-state index contributed by atoms with van der Waals surface area (Å²) in [6.45, 7) is 3.05. The first-order valence-corrected chi connectivity index (χ1v) is 9.93. The smallest absolute Gasteiger partial charge is 0.227 e. The van der Waals surface area contributed by atoms with Crippen molar-refractivity contribution in [1.82, 2.24) is 4.31 Å². The summed E-state index contributed by atoms with van der Waals surface area (Å²) in [5.74, 6) is -0.192. The van der Waals surface area contributed by atoms with Crippen molar-refractivity contribution in [2.75, 3.05) is 37.9 Å². The second kappa shape index (κ2) is 8.60. The highest BCUT2D eigenvalue weighted by Crippen LogP contribution is 2.22. The maximum Gasteiger partial charge on any atom is 0.227 e. The molecule has 1 aliphatic heterocycles. The lowest BCUT2D eigenvalue weighted by Crippen LogP contribution is -2.42. The topological polar surface area (TPSA) is 75.7 Å². The molecule has 0 radical (unpaired) electrons. The predicted molar refractivity (Wildman–Crippen MR) is 94.4 cm³/mol. The van der Waals surface area contributed by atoms with Crippen molar-refractivity contribution in [1.29, 1.82) is 0 Å². The van der Waals surface area contributed by atoms with E-state index >= 15 is 0 Å². The van der Waals surface area contributed by atoms with Crippen LogP contribution in [0.25, 0.3) is 0 Å². The van der Waals surface area contributed by atoms with Gasteiger partial charge in [-0.15, -0.1) is 0 Å². The van der Waals surface area contributed by atoms with Crippen LogP contribution < -0.4 is 5.32 Å². The molecule has 1 heterocycles. The van der Waals surface area contributed by atoms with Crippen LogP contribution in [0.1, 0.15) is 25.3 Å². The number of hydrogen-bond donors (Lipinski definition) is 1. The molecule has 0 saturated carbocycles. The van der Waals surface area contributed by atoms with Crippen LogP contribution in [0.2, 0.25) is 0 Å². The van der Waals surface area contributed by atoms with Crippen molar-refractivity contribution in [2.24, 2.45) is 5.92 Å². The highest BCUT2D eigenvalue weighted by atomic mass is 32.2. The van der Waals surface area contributed by atoms with Gasteiger partial charge < -0.3 is 10.1 Å². The van der Waals surface area contributed by atoms with Crippen LogP contribution in [-0.2, 0) is 26.0 Å². The maximum atomic E-state index is 12.4. The molecule has 134 valence electrons. The minimum Gasteiger partial charge on any atom is -0.384 e. The van der Waals surface area contributed by atoms with Crippen LogP contribution in [0, 0.1) is 5.92 Å². The number of anilines is 1. The average molecular weight is 354 g/mol. The van der Waals surface area contributed by atoms with E-state index in [1.165, 1.54) is 17.0 Å². The molecule has 24 heavy (non-hydrogen) atoms. The van der Waals surface area contributed by atoms with Crippen molar-refractivity contribution >= 4 is 21.6 Å². The maximum absolute atomic E-state index is 12.4. The van der Waals surface area contributed by atoms with Gasteiger partial charge in [0.05, 0.1) is 12.4 Å². The fraction of sp³-hybridized carbons (Fsp3) is 0.588. The number of aryl methyl sites for hydroxylation is 1. The molecule has 1 aromatic rings. The van der Waals surface area contributed by atoms with Crippen molar-refractivity contribution in [3.05, 3.63) is 29.8 Å². The summed E-state index contributed by atoms with van der Waals surface area (Å²) in [5, 5.41) is 2.92. The van der Waals surface area contributed by atoms with Crippen LogP contribution in [0.3, 0.4) is 0 Å². The Bertz CT molecular complexity index is 635. The fourth-order valence-corrected chi connectivity index (χ4v) is 4.18. The van der Waals surface area contributed by atoms with Gasteiger partial charge in [-0.2, -0.15) is 0 Å². The second-order valence-corrected chi connectivity index (χ2v) is 8.11. The first kappa shape index (κ1) is 18.9. The van der Waals surface area contributed by atoms with E-state index in [0.29, 0.717) is 25.9 Å². The molecule has 0 atom stereocenters. The Kier molecular flexibility index (Phi) is 6.77. The van der Waals surface area contributed by atoms with Gasteiger partial charge in [-0.1, -0.05) is 19.1 Å². The van der Waals surface area contributed by atoms with Crippen molar-refractivity contribution in [3.8, 4) is 0 Å². The van der Waals surface area contributed by atoms with Gasteiger partial charge in [-0.3, -0.25) is 4.79 Å². The zero-order valence-corrected chi connectivity index (χ0v) is 15.1. The third-order valence-electron chi connectivity index (χ3n) is 4.39. The number of methoxy groups -OCH3 is 1. The van der Waals surface area contributed by atoms with Crippen molar-refractivity contribution in [3.63, 3.8) is 0 Å². The van der Waals surface area contributed by atoms with Crippen LogP contribution in [0.5, 0.6) is 0 Å². The quantitative estimate of drug-likeness (QED) is 0.811. The second-order valence-electron chi connectivity index (χ2n) is 6.02. The highest BCUT2D eigenvalue weighted by molar-refractivity contribution is 7.89. The molecular weight excluding hydrogens is 328 g/mol. The van der Waals surface area contributed by atoms with Gasteiger partial charge in [0.2, 0.25) is 15.9 Å². The lowest BCUT2D eigenvalue weighted by molar-refractivity contribution is -0.120. The highest BCUT2D eigenvalue weighted by Gasteiger charge is 2.30. The summed E-state index contributed by atoms with van der Waals surface area (Å²) in [6, 6.07) is 7.81. The molecular formula is C17H26N2O4S. The van der Waals surface area contributed by atoms with E-state index in [-0.39, 0.29) is 24.2 Å². The first-order chi connectivity index (χ1) is 11.5. The molecule has 0 aliphatic carbocycles. The van der Waals surface area contributed by atoms with Crippen molar-refractivity contribution in [2.45, 2.75) is 26.2 Å². The number of rotatable bonds is 7. The van der Waals surface area contributed by atoms with E-state index in [2.05, 4.69) is 12.2 Å². The van der Waals surface area contributed by atoms with Gasteiger partial charge in [0.1, 0.15) is 0 Å². The van der Waals surface area contributed by atoms with Crippen LogP contribution in [-0.4, -0.2) is 51.2 Å². The summed E-state index contributed by atoms with van der Waals surface area (Å²) in [5.41, 5.74) is 2.01. The first-order valence-electron chi connectivity index (χ1n) is 8.33. The molecule has 0 spiro atoms. The fourth-order valence-electron chi connectivity index (χ4n) is 2.78.